The number of benzene rings is 2. The van der Waals surface area contributed by atoms with Gasteiger partial charge in [-0.1, -0.05) is 27.7 Å². The van der Waals surface area contributed by atoms with E-state index >= 15 is 0 Å². The number of nitro benzene ring substituents is 2. The van der Waals surface area contributed by atoms with Crippen molar-refractivity contribution in [3.8, 4) is 0 Å². The van der Waals surface area contributed by atoms with Gasteiger partial charge in [0.05, 0.1) is 27.9 Å². The summed E-state index contributed by atoms with van der Waals surface area (Å²) in [6.45, 7) is 17.4. The Morgan fingerprint density at radius 3 is 2.04 bits per heavy atom. The molecule has 17 heteroatoms. The van der Waals surface area contributed by atoms with E-state index in [4.69, 9.17) is 13.9 Å². The molecule has 0 N–H and O–H groups in total. The highest BCUT2D eigenvalue weighted by atomic mass is 32.2. The number of carbonyl (C=O) groups is 3. The molecule has 0 aromatic heterocycles. The molecule has 5 rings (SSSR count). The number of thioether (sulfide) groups is 1. The lowest BCUT2D eigenvalue weighted by Crippen LogP contribution is -2.65. The minimum atomic E-state index is -2.21. The molecule has 3 aliphatic heterocycles. The Bertz CT molecular complexity index is 1860. The van der Waals surface area contributed by atoms with E-state index in [0.717, 1.165) is 11.3 Å². The lowest BCUT2D eigenvalue weighted by molar-refractivity contribution is -0.385. The van der Waals surface area contributed by atoms with Gasteiger partial charge >= 0.3 is 12.1 Å². The van der Waals surface area contributed by atoms with Crippen LogP contribution in [0.3, 0.4) is 0 Å². The molecule has 2 aromatic carbocycles. The van der Waals surface area contributed by atoms with Crippen molar-refractivity contribution in [2.75, 3.05) is 13.1 Å². The maximum atomic E-state index is 13.9. The summed E-state index contributed by atoms with van der Waals surface area (Å²) in [6, 6.07) is 11.2. The Balaban J connectivity index is 1.29. The third-order valence-corrected chi connectivity index (χ3v) is 16.9. The van der Waals surface area contributed by atoms with E-state index in [1.54, 1.807) is 11.8 Å². The van der Waals surface area contributed by atoms with Crippen LogP contribution in [-0.4, -0.2) is 82.3 Å². The summed E-state index contributed by atoms with van der Waals surface area (Å²) in [5.74, 6) is -0.962. The Labute approximate surface area is 319 Å². The first kappa shape index (κ1) is 40.6. The van der Waals surface area contributed by atoms with Crippen LogP contribution in [0.5, 0.6) is 0 Å². The van der Waals surface area contributed by atoms with Crippen molar-refractivity contribution in [2.24, 2.45) is 16.8 Å². The van der Waals surface area contributed by atoms with E-state index in [1.165, 1.54) is 60.3 Å². The molecule has 2 fully saturated rings. The molecule has 0 bridgehead atoms. The van der Waals surface area contributed by atoms with Gasteiger partial charge in [-0.25, -0.2) is 9.59 Å². The molecule has 0 radical (unpaired) electrons. The number of hydrogen-bond donors (Lipinski definition) is 0. The lowest BCUT2D eigenvalue weighted by Gasteiger charge is -2.50. The maximum Gasteiger partial charge on any atom is 0.435 e. The van der Waals surface area contributed by atoms with E-state index in [1.807, 2.05) is 18.7 Å². The van der Waals surface area contributed by atoms with Gasteiger partial charge in [0.1, 0.15) is 24.7 Å². The molecule has 54 heavy (non-hydrogen) atoms. The normalized spacial score (nSPS) is 22.1. The third kappa shape index (κ3) is 8.68. The first-order valence-corrected chi connectivity index (χ1v) is 21.6. The highest BCUT2D eigenvalue weighted by Crippen LogP contribution is 2.53. The summed E-state index contributed by atoms with van der Waals surface area (Å²) in [4.78, 5) is 69.7. The van der Waals surface area contributed by atoms with Crippen molar-refractivity contribution < 1.29 is 38.1 Å². The van der Waals surface area contributed by atoms with Crippen molar-refractivity contribution in [2.45, 2.75) is 96.7 Å². The quantitative estimate of drug-likeness (QED) is 0.0402. The zero-order valence-electron chi connectivity index (χ0n) is 31.8. The Hall–Kier alpha value is -4.61. The number of nitro groups is 2. The van der Waals surface area contributed by atoms with E-state index in [0.29, 0.717) is 30.1 Å². The second kappa shape index (κ2) is 16.0. The summed E-state index contributed by atoms with van der Waals surface area (Å²) in [5, 5.41) is 21.9. The average molecular weight is 782 g/mol. The fourth-order valence-corrected chi connectivity index (χ4v) is 9.61. The van der Waals surface area contributed by atoms with Gasteiger partial charge in [-0.2, -0.15) is 4.99 Å². The number of likely N-dealkylation sites (tertiary alicyclic amines) is 1. The van der Waals surface area contributed by atoms with Crippen LogP contribution in [0.2, 0.25) is 18.1 Å². The smallest absolute Gasteiger partial charge is 0.435 e. The fourth-order valence-electron chi connectivity index (χ4n) is 6.69. The number of fused-ring (bicyclic) bond motifs is 1. The van der Waals surface area contributed by atoms with Gasteiger partial charge < -0.3 is 23.7 Å². The molecule has 2 saturated heterocycles. The zero-order valence-corrected chi connectivity index (χ0v) is 33.6. The summed E-state index contributed by atoms with van der Waals surface area (Å²) < 4.78 is 17.7. The number of β-lactam (4-membered cyclic amide) rings is 1. The van der Waals surface area contributed by atoms with Crippen LogP contribution in [0.1, 0.15) is 59.1 Å². The van der Waals surface area contributed by atoms with Gasteiger partial charge in [0.2, 0.25) is 5.91 Å². The van der Waals surface area contributed by atoms with Gasteiger partial charge in [0, 0.05) is 53.4 Å². The molecule has 2 amide bonds. The van der Waals surface area contributed by atoms with Gasteiger partial charge in [-0.05, 0) is 73.8 Å². The second-order valence-corrected chi connectivity index (χ2v) is 21.5. The molecular weight excluding hydrogens is 735 g/mol. The topological polar surface area (TPSA) is 184 Å². The predicted molar refractivity (Wildman–Crippen MR) is 205 cm³/mol. The monoisotopic (exact) mass is 781 g/mol. The van der Waals surface area contributed by atoms with Gasteiger partial charge in [-0.15, -0.1) is 11.8 Å². The van der Waals surface area contributed by atoms with Crippen LogP contribution < -0.4 is 0 Å². The SMILES string of the molecule is C/C(=N\C(=O)OCc1ccc([N+](=O)[O-])cc1)N1CC[C@H](SC2=C(C(=O)OCc3ccc([N+](=O)[O-])cc3)N3C(=O)[C@H]([C@@H](C)O[Si](C)(C)C(C)(C)C)[C@H]3[C@H]2C)C1. The molecule has 0 saturated carbocycles. The molecule has 2 aromatic rings. The third-order valence-electron chi connectivity index (χ3n) is 10.8. The Kier molecular flexibility index (Phi) is 12.0. The lowest BCUT2D eigenvalue weighted by atomic mass is 9.79. The molecule has 0 spiro atoms. The van der Waals surface area contributed by atoms with Gasteiger partial charge in [0.25, 0.3) is 11.4 Å². The van der Waals surface area contributed by atoms with E-state index < -0.39 is 36.1 Å². The van der Waals surface area contributed by atoms with Gasteiger partial charge in [0.15, 0.2) is 8.32 Å². The zero-order chi connectivity index (χ0) is 39.7. The number of esters is 1. The second-order valence-electron chi connectivity index (χ2n) is 15.4. The van der Waals surface area contributed by atoms with Crippen molar-refractivity contribution in [3.05, 3.63) is 90.5 Å². The van der Waals surface area contributed by atoms with Crippen molar-refractivity contribution in [1.82, 2.24) is 9.80 Å². The molecular formula is C37H47N5O10SSi. The average Bonchev–Trinajstić information content (AvgIpc) is 3.67. The molecule has 15 nitrogen and oxygen atoms in total. The molecule has 0 aliphatic carbocycles. The summed E-state index contributed by atoms with van der Waals surface area (Å²) >= 11 is 1.53. The summed E-state index contributed by atoms with van der Waals surface area (Å²) in [5.41, 5.74) is 1.25. The van der Waals surface area contributed by atoms with Crippen LogP contribution in [0, 0.1) is 32.1 Å². The molecule has 290 valence electrons. The fraction of sp³-hybridized carbons (Fsp3) is 0.514. The van der Waals surface area contributed by atoms with Crippen LogP contribution in [0.25, 0.3) is 0 Å². The predicted octanol–water partition coefficient (Wildman–Crippen LogP) is 7.21. The number of nitrogens with zero attached hydrogens (tertiary/aromatic N) is 5. The van der Waals surface area contributed by atoms with Crippen molar-refractivity contribution in [1.29, 1.82) is 0 Å². The number of ether oxygens (including phenoxy) is 2. The number of amides is 2. The molecule has 3 heterocycles. The minimum Gasteiger partial charge on any atom is -0.456 e. The molecule has 0 unspecified atom stereocenters. The van der Waals surface area contributed by atoms with E-state index in [2.05, 4.69) is 38.9 Å². The van der Waals surface area contributed by atoms with E-state index in [9.17, 15) is 34.6 Å². The molecule has 3 aliphatic rings. The van der Waals surface area contributed by atoms with Crippen LogP contribution >= 0.6 is 11.8 Å². The minimum absolute atomic E-state index is 0.00867. The number of hydrogen-bond acceptors (Lipinski definition) is 11. The molecule has 5 atom stereocenters. The first-order valence-electron chi connectivity index (χ1n) is 17.8. The maximum absolute atomic E-state index is 13.9. The highest BCUT2D eigenvalue weighted by molar-refractivity contribution is 8.03. The largest absolute Gasteiger partial charge is 0.456 e. The van der Waals surface area contributed by atoms with Crippen LogP contribution in [-0.2, 0) is 36.7 Å². The van der Waals surface area contributed by atoms with Crippen molar-refractivity contribution in [3.63, 3.8) is 0 Å². The summed E-state index contributed by atoms with van der Waals surface area (Å²) in [7, 11) is -2.21. The van der Waals surface area contributed by atoms with Crippen LogP contribution in [0.15, 0.2) is 64.1 Å². The standard InChI is InChI=1S/C37H47N5O10SSi/c1-22-31-30(23(2)52-54(7,8)37(4,5)6)34(43)40(31)32(35(44)50-20-25-9-13-27(14-10-25)41(46)47)33(22)53-29-17-18-39(19-29)24(3)38-36(45)51-21-26-11-15-28(16-12-26)42(48)49/h9-16,22-23,29-31H,17-21H2,1-8H3/b38-24+/t22-,23-,29+,30-,31-/m1/s1. The summed E-state index contributed by atoms with van der Waals surface area (Å²) in [6.07, 6.45) is -0.413. The Morgan fingerprint density at radius 1 is 0.981 bits per heavy atom. The van der Waals surface area contributed by atoms with Crippen molar-refractivity contribution >= 4 is 55.3 Å². The Morgan fingerprint density at radius 2 is 1.52 bits per heavy atom. The number of non-ortho nitro benzene ring substituents is 2. The number of rotatable bonds is 12. The number of amidine groups is 1. The number of carbonyl (C=O) groups excluding carboxylic acids is 3. The number of aliphatic imine (C=N–C) groups is 1. The van der Waals surface area contributed by atoms with E-state index in [-0.39, 0.29) is 64.5 Å². The highest BCUT2D eigenvalue weighted by Gasteiger charge is 2.61. The van der Waals surface area contributed by atoms with Gasteiger partial charge in [-0.3, -0.25) is 25.0 Å². The first-order chi connectivity index (χ1) is 25.3. The van der Waals surface area contributed by atoms with Crippen LogP contribution in [0.4, 0.5) is 16.2 Å².